The van der Waals surface area contributed by atoms with Gasteiger partial charge in [-0.1, -0.05) is 35.3 Å². The number of halogens is 2. The Morgan fingerprint density at radius 3 is 2.82 bits per heavy atom. The first kappa shape index (κ1) is 16.0. The smallest absolute Gasteiger partial charge is 0.107 e. The van der Waals surface area contributed by atoms with E-state index in [0.29, 0.717) is 5.02 Å². The molecule has 2 aromatic heterocycles. The number of hydrogen-bond acceptors (Lipinski definition) is 4. The zero-order valence-corrected chi connectivity index (χ0v) is 14.8. The number of hydrogen-bond donors (Lipinski definition) is 1. The molecule has 0 bridgehead atoms. The van der Waals surface area contributed by atoms with Crippen LogP contribution in [0.2, 0.25) is 10.0 Å². The van der Waals surface area contributed by atoms with Crippen LogP contribution in [0.25, 0.3) is 9.75 Å². The van der Waals surface area contributed by atoms with Crippen molar-refractivity contribution in [2.75, 3.05) is 6.54 Å². The molecule has 0 fully saturated rings. The highest BCUT2D eigenvalue weighted by atomic mass is 35.5. The van der Waals surface area contributed by atoms with E-state index in [-0.39, 0.29) is 0 Å². The SMILES string of the molecule is Clc1ccc(CCNCc2ncc(-c3cccs3)s2)c(Cl)c1. The lowest BCUT2D eigenvalue weighted by molar-refractivity contribution is 0.684. The van der Waals surface area contributed by atoms with Crippen LogP contribution in [0, 0.1) is 0 Å². The maximum absolute atomic E-state index is 6.16. The van der Waals surface area contributed by atoms with E-state index in [4.69, 9.17) is 23.2 Å². The Balaban J connectivity index is 1.49. The minimum absolute atomic E-state index is 0.672. The number of nitrogens with one attached hydrogen (secondary N) is 1. The van der Waals surface area contributed by atoms with Gasteiger partial charge in [0.1, 0.15) is 5.01 Å². The van der Waals surface area contributed by atoms with E-state index in [1.54, 1.807) is 28.7 Å². The molecule has 1 N–H and O–H groups in total. The van der Waals surface area contributed by atoms with Crippen molar-refractivity contribution in [3.8, 4) is 9.75 Å². The van der Waals surface area contributed by atoms with Gasteiger partial charge in [-0.05, 0) is 42.1 Å². The van der Waals surface area contributed by atoms with Crippen LogP contribution < -0.4 is 5.32 Å². The first-order valence-corrected chi connectivity index (χ1v) is 9.31. The maximum atomic E-state index is 6.16. The molecule has 0 aliphatic carbocycles. The molecule has 2 heterocycles. The number of thiazole rings is 1. The molecule has 3 rings (SSSR count). The van der Waals surface area contributed by atoms with Crippen molar-refractivity contribution >= 4 is 45.9 Å². The predicted molar refractivity (Wildman–Crippen MR) is 97.3 cm³/mol. The van der Waals surface area contributed by atoms with Gasteiger partial charge in [-0.25, -0.2) is 4.98 Å². The zero-order chi connectivity index (χ0) is 15.4. The number of thiophene rings is 1. The van der Waals surface area contributed by atoms with Crippen LogP contribution in [0.3, 0.4) is 0 Å². The van der Waals surface area contributed by atoms with E-state index in [0.717, 1.165) is 35.1 Å². The molecule has 0 amide bonds. The van der Waals surface area contributed by atoms with Gasteiger partial charge < -0.3 is 5.32 Å². The van der Waals surface area contributed by atoms with Crippen molar-refractivity contribution in [1.29, 1.82) is 0 Å². The average molecular weight is 369 g/mol. The normalized spacial score (nSPS) is 11.0. The molecular formula is C16H14Cl2N2S2. The monoisotopic (exact) mass is 368 g/mol. The Labute approximate surface area is 147 Å². The van der Waals surface area contributed by atoms with Crippen LogP contribution in [0.1, 0.15) is 10.6 Å². The van der Waals surface area contributed by atoms with Crippen LogP contribution >= 0.6 is 45.9 Å². The fraction of sp³-hybridized carbons (Fsp3) is 0.188. The lowest BCUT2D eigenvalue weighted by Crippen LogP contribution is -2.16. The lowest BCUT2D eigenvalue weighted by atomic mass is 10.1. The van der Waals surface area contributed by atoms with Gasteiger partial charge in [-0.2, -0.15) is 0 Å². The largest absolute Gasteiger partial charge is 0.310 e. The summed E-state index contributed by atoms with van der Waals surface area (Å²) in [6, 6.07) is 9.82. The van der Waals surface area contributed by atoms with Gasteiger partial charge in [0.15, 0.2) is 0 Å². The summed E-state index contributed by atoms with van der Waals surface area (Å²) in [4.78, 5) is 6.97. The topological polar surface area (TPSA) is 24.9 Å². The molecule has 2 nitrogen and oxygen atoms in total. The van der Waals surface area contributed by atoms with Gasteiger partial charge in [0.05, 0.1) is 4.88 Å². The molecule has 6 heteroatoms. The third-order valence-corrected chi connectivity index (χ3v) is 5.83. The molecular weight excluding hydrogens is 355 g/mol. The van der Waals surface area contributed by atoms with Gasteiger partial charge in [-0.3, -0.25) is 0 Å². The molecule has 0 aliphatic heterocycles. The van der Waals surface area contributed by atoms with Gasteiger partial charge in [0.25, 0.3) is 0 Å². The van der Waals surface area contributed by atoms with Crippen LogP contribution in [0.15, 0.2) is 41.9 Å². The number of aromatic nitrogens is 1. The second-order valence-corrected chi connectivity index (χ2v) is 7.66. The fourth-order valence-corrected chi connectivity index (χ4v) is 4.28. The molecule has 3 aromatic rings. The first-order valence-electron chi connectivity index (χ1n) is 6.85. The highest BCUT2D eigenvalue weighted by Crippen LogP contribution is 2.29. The number of rotatable bonds is 6. The number of nitrogens with zero attached hydrogens (tertiary/aromatic N) is 1. The number of benzene rings is 1. The molecule has 22 heavy (non-hydrogen) atoms. The summed E-state index contributed by atoms with van der Waals surface area (Å²) in [6.45, 7) is 1.64. The summed E-state index contributed by atoms with van der Waals surface area (Å²) in [5.41, 5.74) is 1.11. The quantitative estimate of drug-likeness (QED) is 0.580. The van der Waals surface area contributed by atoms with E-state index < -0.39 is 0 Å². The Morgan fingerprint density at radius 1 is 1.14 bits per heavy atom. The van der Waals surface area contributed by atoms with Crippen molar-refractivity contribution in [3.63, 3.8) is 0 Å². The summed E-state index contributed by atoms with van der Waals surface area (Å²) < 4.78 is 0. The van der Waals surface area contributed by atoms with Crippen molar-refractivity contribution in [3.05, 3.63) is 62.5 Å². The Kier molecular flexibility index (Phi) is 5.50. The standard InChI is InChI=1S/C16H14Cl2N2S2/c17-12-4-3-11(13(18)8-12)5-6-19-10-16-20-9-15(22-16)14-2-1-7-21-14/h1-4,7-9,19H,5-6,10H2. The summed E-state index contributed by atoms with van der Waals surface area (Å²) >= 11 is 15.5. The maximum Gasteiger partial charge on any atom is 0.107 e. The van der Waals surface area contributed by atoms with Crippen molar-refractivity contribution in [2.24, 2.45) is 0 Å². The summed E-state index contributed by atoms with van der Waals surface area (Å²) in [5, 5.41) is 8.00. The molecule has 0 spiro atoms. The Hall–Kier alpha value is -0.910. The van der Waals surface area contributed by atoms with Crippen LogP contribution in [0.4, 0.5) is 0 Å². The van der Waals surface area contributed by atoms with E-state index in [1.165, 1.54) is 9.75 Å². The molecule has 0 atom stereocenters. The summed E-state index contributed by atoms with van der Waals surface area (Å²) in [7, 11) is 0. The van der Waals surface area contributed by atoms with Crippen molar-refractivity contribution in [2.45, 2.75) is 13.0 Å². The van der Waals surface area contributed by atoms with Crippen LogP contribution in [0.5, 0.6) is 0 Å². The summed E-state index contributed by atoms with van der Waals surface area (Å²) in [6.07, 6.45) is 2.82. The van der Waals surface area contributed by atoms with Gasteiger partial charge in [-0.15, -0.1) is 22.7 Å². The van der Waals surface area contributed by atoms with Crippen molar-refractivity contribution in [1.82, 2.24) is 10.3 Å². The zero-order valence-electron chi connectivity index (χ0n) is 11.7. The minimum atomic E-state index is 0.672. The van der Waals surface area contributed by atoms with E-state index >= 15 is 0 Å². The van der Waals surface area contributed by atoms with Gasteiger partial charge >= 0.3 is 0 Å². The molecule has 0 saturated heterocycles. The van der Waals surface area contributed by atoms with E-state index in [2.05, 4.69) is 27.8 Å². The second kappa shape index (κ2) is 7.57. The third-order valence-electron chi connectivity index (χ3n) is 3.18. The minimum Gasteiger partial charge on any atom is -0.310 e. The molecule has 1 aromatic carbocycles. The van der Waals surface area contributed by atoms with Gasteiger partial charge in [0.2, 0.25) is 0 Å². The Morgan fingerprint density at radius 2 is 2.05 bits per heavy atom. The second-order valence-electron chi connectivity index (χ2n) is 4.76. The molecule has 114 valence electrons. The first-order chi connectivity index (χ1) is 10.7. The predicted octanol–water partition coefficient (Wildman–Crippen LogP) is 5.51. The van der Waals surface area contributed by atoms with E-state index in [1.807, 2.05) is 18.3 Å². The average Bonchev–Trinajstić information content (AvgIpc) is 3.16. The fourth-order valence-electron chi connectivity index (χ4n) is 2.07. The Bertz CT molecular complexity index is 738. The summed E-state index contributed by atoms with van der Waals surface area (Å²) in [5.74, 6) is 0. The van der Waals surface area contributed by atoms with E-state index in [9.17, 15) is 0 Å². The molecule has 0 saturated carbocycles. The molecule has 0 unspecified atom stereocenters. The van der Waals surface area contributed by atoms with Gasteiger partial charge in [0, 0.05) is 27.7 Å². The van der Waals surface area contributed by atoms with Crippen LogP contribution in [-0.4, -0.2) is 11.5 Å². The van der Waals surface area contributed by atoms with Crippen LogP contribution in [-0.2, 0) is 13.0 Å². The lowest BCUT2D eigenvalue weighted by Gasteiger charge is -2.05. The van der Waals surface area contributed by atoms with Crippen molar-refractivity contribution < 1.29 is 0 Å². The highest BCUT2D eigenvalue weighted by Gasteiger charge is 2.05. The molecule has 0 aliphatic rings. The molecule has 0 radical (unpaired) electrons. The highest BCUT2D eigenvalue weighted by molar-refractivity contribution is 7.21. The third kappa shape index (κ3) is 4.09.